The Morgan fingerprint density at radius 2 is 0.786 bits per heavy atom. The van der Waals surface area contributed by atoms with Gasteiger partial charge in [0.05, 0.1) is 0 Å². The number of rotatable bonds is 5. The predicted molar refractivity (Wildman–Crippen MR) is 123 cm³/mol. The minimum atomic E-state index is 0.435. The maximum absolute atomic E-state index is 6.18. The summed E-state index contributed by atoms with van der Waals surface area (Å²) in [6, 6.07) is 11.8. The van der Waals surface area contributed by atoms with E-state index in [0.29, 0.717) is 20.3 Å². The fraction of sp³-hybridized carbons (Fsp3) is 0.455. The second kappa shape index (κ2) is 5.96. The Labute approximate surface area is 194 Å². The standard InChI is InChI=1S/C22H18Cl4S2/c23-13-1-14(24)4-17(3-13)27-21-7-19(8-21,9-21)20-10-22(11-20,12-20)28-18-5-15(25)2-16(26)6-18/h1-6H,7-12H2. The minimum absolute atomic E-state index is 0.435. The lowest BCUT2D eigenvalue weighted by molar-refractivity contribution is -0.283. The Morgan fingerprint density at radius 1 is 0.500 bits per heavy atom. The molecule has 146 valence electrons. The highest BCUT2D eigenvalue weighted by Gasteiger charge is 2.84. The van der Waals surface area contributed by atoms with Crippen LogP contribution in [0.1, 0.15) is 38.5 Å². The molecule has 28 heavy (non-hydrogen) atoms. The highest BCUT2D eigenvalue weighted by molar-refractivity contribution is 8.01. The number of benzene rings is 2. The van der Waals surface area contributed by atoms with Crippen molar-refractivity contribution in [3.05, 3.63) is 56.5 Å². The van der Waals surface area contributed by atoms with Gasteiger partial charge in [0.1, 0.15) is 0 Å². The summed E-state index contributed by atoms with van der Waals surface area (Å²) in [6.45, 7) is 0. The first kappa shape index (κ1) is 19.0. The van der Waals surface area contributed by atoms with Crippen molar-refractivity contribution in [2.75, 3.05) is 0 Å². The van der Waals surface area contributed by atoms with E-state index in [1.54, 1.807) is 0 Å². The number of hydrogen-bond donors (Lipinski definition) is 0. The van der Waals surface area contributed by atoms with Crippen LogP contribution in [0, 0.1) is 10.8 Å². The Kier molecular flexibility index (Phi) is 4.05. The molecule has 0 N–H and O–H groups in total. The Bertz CT molecular complexity index is 856. The SMILES string of the molecule is Clc1cc(Cl)cc(SC23CC(C45CC(Sc6cc(Cl)cc(Cl)c6)(C4)C5)(C2)C3)c1. The molecule has 0 nitrogen and oxygen atoms in total. The number of thioether (sulfide) groups is 2. The van der Waals surface area contributed by atoms with Crippen molar-refractivity contribution in [3.63, 3.8) is 0 Å². The third-order valence-electron chi connectivity index (χ3n) is 7.43. The fourth-order valence-corrected chi connectivity index (χ4v) is 11.6. The quantitative estimate of drug-likeness (QED) is 0.412. The molecule has 0 unspecified atom stereocenters. The van der Waals surface area contributed by atoms with Crippen molar-refractivity contribution in [1.82, 2.24) is 0 Å². The van der Waals surface area contributed by atoms with Crippen molar-refractivity contribution < 1.29 is 0 Å². The Morgan fingerprint density at radius 3 is 1.07 bits per heavy atom. The molecule has 6 fully saturated rings. The van der Waals surface area contributed by atoms with E-state index in [-0.39, 0.29) is 0 Å². The van der Waals surface area contributed by atoms with Crippen molar-refractivity contribution in [1.29, 1.82) is 0 Å². The van der Waals surface area contributed by atoms with Gasteiger partial charge in [-0.25, -0.2) is 0 Å². The maximum Gasteiger partial charge on any atom is 0.0431 e. The molecule has 8 rings (SSSR count). The predicted octanol–water partition coefficient (Wildman–Crippen LogP) is 9.03. The van der Waals surface area contributed by atoms with Crippen LogP contribution in [-0.4, -0.2) is 9.49 Å². The number of halogens is 4. The zero-order chi connectivity index (χ0) is 19.4. The molecular formula is C22H18Cl4S2. The summed E-state index contributed by atoms with van der Waals surface area (Å²) >= 11 is 28.7. The highest BCUT2D eigenvalue weighted by atomic mass is 35.5. The molecule has 0 radical (unpaired) electrons. The molecule has 6 aliphatic carbocycles. The molecule has 0 amide bonds. The lowest BCUT2D eigenvalue weighted by Crippen LogP contribution is -2.82. The second-order valence-corrected chi connectivity index (χ2v) is 14.2. The summed E-state index contributed by atoms with van der Waals surface area (Å²) < 4.78 is 0.869. The minimum Gasteiger partial charge on any atom is -0.119 e. The third kappa shape index (κ3) is 2.68. The molecule has 2 aromatic carbocycles. The molecule has 0 aliphatic heterocycles. The molecule has 0 spiro atoms. The zero-order valence-corrected chi connectivity index (χ0v) is 19.7. The van der Waals surface area contributed by atoms with Crippen LogP contribution in [0.4, 0.5) is 0 Å². The van der Waals surface area contributed by atoms with E-state index >= 15 is 0 Å². The van der Waals surface area contributed by atoms with Crippen LogP contribution >= 0.6 is 69.9 Å². The lowest BCUT2D eigenvalue weighted by Gasteiger charge is -2.87. The van der Waals surface area contributed by atoms with Gasteiger partial charge in [-0.15, -0.1) is 23.5 Å². The van der Waals surface area contributed by atoms with E-state index in [9.17, 15) is 0 Å². The van der Waals surface area contributed by atoms with Crippen molar-refractivity contribution >= 4 is 69.9 Å². The van der Waals surface area contributed by atoms with Crippen LogP contribution in [0.2, 0.25) is 20.1 Å². The average molecular weight is 488 g/mol. The summed E-state index contributed by atoms with van der Waals surface area (Å²) in [5, 5.41) is 2.93. The summed E-state index contributed by atoms with van der Waals surface area (Å²) in [5.74, 6) is 0. The van der Waals surface area contributed by atoms with Gasteiger partial charge in [-0.2, -0.15) is 0 Å². The molecule has 0 aromatic heterocycles. The van der Waals surface area contributed by atoms with Crippen molar-refractivity contribution in [2.24, 2.45) is 10.8 Å². The van der Waals surface area contributed by atoms with E-state index in [0.717, 1.165) is 20.1 Å². The van der Waals surface area contributed by atoms with Crippen LogP contribution in [0.15, 0.2) is 46.2 Å². The van der Waals surface area contributed by atoms with Gasteiger partial charge in [0, 0.05) is 39.4 Å². The van der Waals surface area contributed by atoms with Crippen molar-refractivity contribution in [2.45, 2.75) is 57.8 Å². The molecule has 0 atom stereocenters. The largest absolute Gasteiger partial charge is 0.119 e. The first-order valence-electron chi connectivity index (χ1n) is 9.53. The first-order chi connectivity index (χ1) is 13.2. The fourth-order valence-electron chi connectivity index (χ4n) is 6.41. The topological polar surface area (TPSA) is 0 Å². The number of hydrogen-bond acceptors (Lipinski definition) is 2. The molecule has 0 saturated heterocycles. The van der Waals surface area contributed by atoms with Crippen LogP contribution < -0.4 is 0 Å². The van der Waals surface area contributed by atoms with Gasteiger partial charge in [-0.05, 0) is 85.8 Å². The summed E-state index contributed by atoms with van der Waals surface area (Å²) in [5.41, 5.74) is 1.22. The van der Waals surface area contributed by atoms with Gasteiger partial charge < -0.3 is 0 Å². The van der Waals surface area contributed by atoms with Crippen LogP contribution in [-0.2, 0) is 0 Å². The monoisotopic (exact) mass is 486 g/mol. The first-order valence-corrected chi connectivity index (χ1v) is 12.7. The molecule has 4 bridgehead atoms. The van der Waals surface area contributed by atoms with Gasteiger partial charge in [0.25, 0.3) is 0 Å². The Balaban J connectivity index is 1.09. The van der Waals surface area contributed by atoms with E-state index in [2.05, 4.69) is 0 Å². The van der Waals surface area contributed by atoms with Crippen LogP contribution in [0.5, 0.6) is 0 Å². The van der Waals surface area contributed by atoms with E-state index in [1.807, 2.05) is 59.9 Å². The molecule has 0 heterocycles. The van der Waals surface area contributed by atoms with E-state index in [4.69, 9.17) is 46.4 Å². The van der Waals surface area contributed by atoms with E-state index < -0.39 is 0 Å². The lowest BCUT2D eigenvalue weighted by atomic mass is 9.23. The summed E-state index contributed by atoms with van der Waals surface area (Å²) in [7, 11) is 0. The summed E-state index contributed by atoms with van der Waals surface area (Å²) in [6.07, 6.45) is 8.16. The Hall–Kier alpha value is 0.300. The molecular weight excluding hydrogens is 470 g/mol. The smallest absolute Gasteiger partial charge is 0.0431 e. The zero-order valence-electron chi connectivity index (χ0n) is 15.0. The highest BCUT2D eigenvalue weighted by Crippen LogP contribution is 2.91. The van der Waals surface area contributed by atoms with Gasteiger partial charge in [-0.1, -0.05) is 46.4 Å². The summed E-state index contributed by atoms with van der Waals surface area (Å²) in [4.78, 5) is 2.43. The van der Waals surface area contributed by atoms with Crippen molar-refractivity contribution in [3.8, 4) is 0 Å². The van der Waals surface area contributed by atoms with Gasteiger partial charge in [-0.3, -0.25) is 0 Å². The average Bonchev–Trinajstić information content (AvgIpc) is 2.42. The third-order valence-corrected chi connectivity index (χ3v) is 11.0. The molecule has 6 saturated carbocycles. The van der Waals surface area contributed by atoms with Crippen LogP contribution in [0.3, 0.4) is 0 Å². The van der Waals surface area contributed by atoms with Gasteiger partial charge in [0.15, 0.2) is 0 Å². The van der Waals surface area contributed by atoms with Crippen LogP contribution in [0.25, 0.3) is 0 Å². The van der Waals surface area contributed by atoms with E-state index in [1.165, 1.54) is 48.3 Å². The molecule has 6 heteroatoms. The molecule has 6 aliphatic rings. The molecule has 2 aromatic rings. The van der Waals surface area contributed by atoms with Gasteiger partial charge >= 0.3 is 0 Å². The second-order valence-electron chi connectivity index (χ2n) is 9.40. The van der Waals surface area contributed by atoms with Gasteiger partial charge in [0.2, 0.25) is 0 Å². The maximum atomic E-state index is 6.18. The normalized spacial score (nSPS) is 39.4.